The number of hydrogen-bond donors (Lipinski definition) is 0. The molecule has 0 radical (unpaired) electrons. The van der Waals surface area contributed by atoms with Crippen LogP contribution in [0.25, 0.3) is 0 Å². The van der Waals surface area contributed by atoms with Crippen molar-refractivity contribution in [2.45, 2.75) is 41.5 Å². The molecule has 0 aromatic rings. The lowest BCUT2D eigenvalue weighted by molar-refractivity contribution is -0.132. The second kappa shape index (κ2) is 5.56. The molecule has 3 heteroatoms. The van der Waals surface area contributed by atoms with Crippen LogP contribution in [0.4, 0.5) is 0 Å². The van der Waals surface area contributed by atoms with Crippen molar-refractivity contribution in [3.05, 3.63) is 0 Å². The number of hydrogen-bond acceptors (Lipinski definition) is 2. The van der Waals surface area contributed by atoms with E-state index >= 15 is 0 Å². The van der Waals surface area contributed by atoms with Gasteiger partial charge in [-0.2, -0.15) is 0 Å². The zero-order valence-corrected chi connectivity index (χ0v) is 12.8. The number of ketones is 1. The van der Waals surface area contributed by atoms with Gasteiger partial charge in [-0.3, -0.25) is 9.59 Å². The van der Waals surface area contributed by atoms with Gasteiger partial charge in [0, 0.05) is 20.0 Å². The molecular formula is C15H25NO2. The van der Waals surface area contributed by atoms with Crippen LogP contribution in [0.5, 0.6) is 0 Å². The maximum atomic E-state index is 12.4. The minimum Gasteiger partial charge on any atom is -0.338 e. The molecule has 102 valence electrons. The van der Waals surface area contributed by atoms with Crippen molar-refractivity contribution >= 4 is 11.7 Å². The van der Waals surface area contributed by atoms with Gasteiger partial charge in [0.1, 0.15) is 0 Å². The molecule has 0 saturated heterocycles. The molecule has 1 amide bonds. The van der Waals surface area contributed by atoms with Gasteiger partial charge < -0.3 is 4.90 Å². The van der Waals surface area contributed by atoms with Gasteiger partial charge in [-0.25, -0.2) is 0 Å². The van der Waals surface area contributed by atoms with Crippen LogP contribution in [-0.2, 0) is 9.59 Å². The summed E-state index contributed by atoms with van der Waals surface area (Å²) < 4.78 is 0. The lowest BCUT2D eigenvalue weighted by atomic mass is 9.63. The lowest BCUT2D eigenvalue weighted by Gasteiger charge is -2.37. The SMILES string of the molecule is CC(C)C(=O)[C@](C)(C#CC(=O)N(C)C)C(C)(C)C. The third-order valence-electron chi connectivity index (χ3n) is 3.34. The first-order valence-corrected chi connectivity index (χ1v) is 6.22. The molecule has 18 heavy (non-hydrogen) atoms. The number of amides is 1. The van der Waals surface area contributed by atoms with E-state index in [-0.39, 0.29) is 23.0 Å². The number of carbonyl (C=O) groups is 2. The lowest BCUT2D eigenvalue weighted by Crippen LogP contribution is -2.41. The highest BCUT2D eigenvalue weighted by molar-refractivity contribution is 5.96. The molecule has 0 aliphatic heterocycles. The number of nitrogens with zero attached hydrogens (tertiary/aromatic N) is 1. The molecule has 0 aliphatic rings. The van der Waals surface area contributed by atoms with E-state index in [1.807, 2.05) is 41.5 Å². The van der Waals surface area contributed by atoms with Crippen molar-refractivity contribution in [3.63, 3.8) is 0 Å². The maximum Gasteiger partial charge on any atom is 0.297 e. The monoisotopic (exact) mass is 251 g/mol. The average molecular weight is 251 g/mol. The molecule has 0 bridgehead atoms. The second-order valence-corrected chi connectivity index (χ2v) is 6.34. The Morgan fingerprint density at radius 1 is 1.06 bits per heavy atom. The van der Waals surface area contributed by atoms with Crippen molar-refractivity contribution in [2.75, 3.05) is 14.1 Å². The van der Waals surface area contributed by atoms with Crippen molar-refractivity contribution in [2.24, 2.45) is 16.7 Å². The van der Waals surface area contributed by atoms with E-state index in [9.17, 15) is 9.59 Å². The molecule has 0 aliphatic carbocycles. The first kappa shape index (κ1) is 16.7. The topological polar surface area (TPSA) is 37.4 Å². The molecule has 0 unspecified atom stereocenters. The zero-order chi connectivity index (χ0) is 14.7. The molecule has 0 saturated carbocycles. The Morgan fingerprint density at radius 2 is 1.50 bits per heavy atom. The fraction of sp³-hybridized carbons (Fsp3) is 0.733. The Balaban J connectivity index is 5.54. The summed E-state index contributed by atoms with van der Waals surface area (Å²) in [6.07, 6.45) is 0. The maximum absolute atomic E-state index is 12.4. The first-order chi connectivity index (χ1) is 7.93. The van der Waals surface area contributed by atoms with Crippen LogP contribution in [0, 0.1) is 28.6 Å². The zero-order valence-electron chi connectivity index (χ0n) is 12.8. The fourth-order valence-corrected chi connectivity index (χ4v) is 1.49. The van der Waals surface area contributed by atoms with E-state index in [0.29, 0.717) is 0 Å². The first-order valence-electron chi connectivity index (χ1n) is 6.22. The fourth-order valence-electron chi connectivity index (χ4n) is 1.49. The smallest absolute Gasteiger partial charge is 0.297 e. The summed E-state index contributed by atoms with van der Waals surface area (Å²) in [5.74, 6) is 5.19. The van der Waals surface area contributed by atoms with E-state index < -0.39 is 5.41 Å². The predicted molar refractivity (Wildman–Crippen MR) is 73.9 cm³/mol. The number of Topliss-reactive ketones (excluding diaryl/α,β-unsaturated/α-hetero) is 1. The van der Waals surface area contributed by atoms with Gasteiger partial charge >= 0.3 is 0 Å². The molecule has 0 fully saturated rings. The van der Waals surface area contributed by atoms with Crippen LogP contribution in [0.15, 0.2) is 0 Å². The highest BCUT2D eigenvalue weighted by atomic mass is 16.2. The van der Waals surface area contributed by atoms with Gasteiger partial charge in [-0.05, 0) is 18.3 Å². The molecule has 0 heterocycles. The number of carbonyl (C=O) groups excluding carboxylic acids is 2. The molecule has 0 rings (SSSR count). The van der Waals surface area contributed by atoms with Gasteiger partial charge in [0.05, 0.1) is 5.41 Å². The molecule has 0 spiro atoms. The van der Waals surface area contributed by atoms with Crippen LogP contribution < -0.4 is 0 Å². The normalized spacial score (nSPS) is 14.5. The quantitative estimate of drug-likeness (QED) is 0.706. The van der Waals surface area contributed by atoms with Crippen LogP contribution in [0.3, 0.4) is 0 Å². The minimum atomic E-state index is -0.813. The van der Waals surface area contributed by atoms with Gasteiger partial charge in [0.25, 0.3) is 5.91 Å². The van der Waals surface area contributed by atoms with Gasteiger partial charge in [-0.15, -0.1) is 0 Å². The molecule has 3 nitrogen and oxygen atoms in total. The van der Waals surface area contributed by atoms with Crippen LogP contribution in [0.2, 0.25) is 0 Å². The standard InChI is InChI=1S/C15H25NO2/c1-11(2)13(18)15(6,14(3,4)5)10-9-12(17)16(7)8/h11H,1-8H3/t15-/m0/s1. The van der Waals surface area contributed by atoms with Crippen molar-refractivity contribution in [1.29, 1.82) is 0 Å². The Bertz CT molecular complexity index is 391. The molecule has 0 N–H and O–H groups in total. The van der Waals surface area contributed by atoms with E-state index in [1.54, 1.807) is 14.1 Å². The van der Waals surface area contributed by atoms with Crippen molar-refractivity contribution in [1.82, 2.24) is 4.90 Å². The molecule has 0 aromatic heterocycles. The Morgan fingerprint density at radius 3 is 1.78 bits per heavy atom. The summed E-state index contributed by atoms with van der Waals surface area (Å²) in [6, 6.07) is 0. The minimum absolute atomic E-state index is 0.0778. The molecule has 1 atom stereocenters. The summed E-state index contributed by atoms with van der Waals surface area (Å²) in [6.45, 7) is 11.5. The summed E-state index contributed by atoms with van der Waals surface area (Å²) in [5.41, 5.74) is -1.12. The van der Waals surface area contributed by atoms with Crippen LogP contribution in [-0.4, -0.2) is 30.7 Å². The largest absolute Gasteiger partial charge is 0.338 e. The summed E-state index contributed by atoms with van der Waals surface area (Å²) >= 11 is 0. The third kappa shape index (κ3) is 3.60. The summed E-state index contributed by atoms with van der Waals surface area (Å²) in [5, 5.41) is 0. The molecule has 0 aromatic carbocycles. The Kier molecular flexibility index (Phi) is 5.16. The van der Waals surface area contributed by atoms with Gasteiger partial charge in [0.15, 0.2) is 5.78 Å². The van der Waals surface area contributed by atoms with E-state index in [4.69, 9.17) is 0 Å². The van der Waals surface area contributed by atoms with E-state index in [1.165, 1.54) is 4.90 Å². The Labute approximate surface area is 111 Å². The van der Waals surface area contributed by atoms with Gasteiger partial charge in [-0.1, -0.05) is 40.5 Å². The van der Waals surface area contributed by atoms with Crippen molar-refractivity contribution in [3.8, 4) is 11.8 Å². The van der Waals surface area contributed by atoms with E-state index in [2.05, 4.69) is 11.8 Å². The van der Waals surface area contributed by atoms with E-state index in [0.717, 1.165) is 0 Å². The second-order valence-electron chi connectivity index (χ2n) is 6.34. The predicted octanol–water partition coefficient (Wildman–Crippen LogP) is 2.36. The highest BCUT2D eigenvalue weighted by Crippen LogP contribution is 2.40. The average Bonchev–Trinajstić information content (AvgIpc) is 2.22. The Hall–Kier alpha value is -1.30. The number of rotatable bonds is 2. The van der Waals surface area contributed by atoms with Crippen LogP contribution >= 0.6 is 0 Å². The summed E-state index contributed by atoms with van der Waals surface area (Å²) in [7, 11) is 3.30. The third-order valence-corrected chi connectivity index (χ3v) is 3.34. The van der Waals surface area contributed by atoms with Gasteiger partial charge in [0.2, 0.25) is 0 Å². The molecular weight excluding hydrogens is 226 g/mol. The van der Waals surface area contributed by atoms with Crippen molar-refractivity contribution < 1.29 is 9.59 Å². The highest BCUT2D eigenvalue weighted by Gasteiger charge is 2.43. The van der Waals surface area contributed by atoms with Crippen LogP contribution in [0.1, 0.15) is 41.5 Å². The summed E-state index contributed by atoms with van der Waals surface area (Å²) in [4.78, 5) is 25.3.